The van der Waals surface area contributed by atoms with Crippen LogP contribution in [0.5, 0.6) is 11.5 Å². The molecule has 46 heavy (non-hydrogen) atoms. The van der Waals surface area contributed by atoms with Gasteiger partial charge in [-0.2, -0.15) is 13.2 Å². The number of hydrogen-bond acceptors (Lipinski definition) is 7. The number of benzene rings is 2. The Morgan fingerprint density at radius 1 is 0.957 bits per heavy atom. The van der Waals surface area contributed by atoms with Crippen molar-refractivity contribution in [2.45, 2.75) is 44.4 Å². The first-order valence-corrected chi connectivity index (χ1v) is 15.2. The van der Waals surface area contributed by atoms with Gasteiger partial charge in [0.2, 0.25) is 5.91 Å². The van der Waals surface area contributed by atoms with Crippen LogP contribution in [0.2, 0.25) is 0 Å². The third-order valence-corrected chi connectivity index (χ3v) is 8.84. The van der Waals surface area contributed by atoms with E-state index in [1.807, 2.05) is 17.0 Å². The van der Waals surface area contributed by atoms with E-state index < -0.39 is 29.2 Å². The number of methoxy groups -OCH3 is 2. The van der Waals surface area contributed by atoms with Crippen molar-refractivity contribution < 1.29 is 31.8 Å². The molecule has 2 fully saturated rings. The van der Waals surface area contributed by atoms with E-state index in [1.54, 1.807) is 38.6 Å². The molecule has 0 radical (unpaired) electrons. The summed E-state index contributed by atoms with van der Waals surface area (Å²) in [5, 5.41) is 3.14. The molecular weight excluding hydrogens is 602 g/mol. The average Bonchev–Trinajstić information content (AvgIpc) is 3.01. The SMILES string of the molecule is COc1cc2cc(-c3ccc(CC(=O)Nc4cc(C(F)(F)F)c(CN5CCN(C6CCC6)CC5)cc4F)cn3)cnc2cc1OC. The number of alkyl halides is 3. The molecule has 12 heteroatoms. The minimum absolute atomic E-state index is 0.00895. The number of hydrogen-bond donors (Lipinski definition) is 1. The zero-order valence-corrected chi connectivity index (χ0v) is 25.7. The molecule has 242 valence electrons. The van der Waals surface area contributed by atoms with Crippen LogP contribution in [0.25, 0.3) is 22.2 Å². The topological polar surface area (TPSA) is 79.8 Å². The number of nitrogens with one attached hydrogen (secondary N) is 1. The van der Waals surface area contributed by atoms with Crippen LogP contribution in [0, 0.1) is 5.82 Å². The number of pyridine rings is 2. The van der Waals surface area contributed by atoms with Gasteiger partial charge in [-0.3, -0.25) is 24.6 Å². The van der Waals surface area contributed by atoms with Gasteiger partial charge in [0.15, 0.2) is 11.5 Å². The lowest BCUT2D eigenvalue weighted by molar-refractivity contribution is -0.138. The first kappa shape index (κ1) is 31.7. The highest BCUT2D eigenvalue weighted by Gasteiger charge is 2.36. The Bertz CT molecular complexity index is 1720. The van der Waals surface area contributed by atoms with E-state index in [0.717, 1.165) is 30.1 Å². The van der Waals surface area contributed by atoms with Crippen LogP contribution in [-0.2, 0) is 23.9 Å². The van der Waals surface area contributed by atoms with Crippen molar-refractivity contribution in [3.63, 3.8) is 0 Å². The van der Waals surface area contributed by atoms with Crippen molar-refractivity contribution in [2.24, 2.45) is 0 Å². The van der Waals surface area contributed by atoms with E-state index in [4.69, 9.17) is 9.47 Å². The fourth-order valence-corrected chi connectivity index (χ4v) is 6.06. The third kappa shape index (κ3) is 6.92. The van der Waals surface area contributed by atoms with Gasteiger partial charge >= 0.3 is 6.18 Å². The number of piperazine rings is 1. The monoisotopic (exact) mass is 637 g/mol. The first-order chi connectivity index (χ1) is 22.1. The third-order valence-electron chi connectivity index (χ3n) is 8.84. The molecule has 1 saturated heterocycles. The number of aromatic nitrogens is 2. The lowest BCUT2D eigenvalue weighted by Crippen LogP contribution is -2.51. The van der Waals surface area contributed by atoms with E-state index in [2.05, 4.69) is 20.2 Å². The number of carbonyl (C=O) groups excluding carboxylic acids is 1. The Morgan fingerprint density at radius 3 is 2.33 bits per heavy atom. The van der Waals surface area contributed by atoms with Gasteiger partial charge in [-0.25, -0.2) is 4.39 Å². The Balaban J connectivity index is 1.11. The van der Waals surface area contributed by atoms with Gasteiger partial charge in [-0.15, -0.1) is 0 Å². The largest absolute Gasteiger partial charge is 0.493 e. The van der Waals surface area contributed by atoms with Crippen LogP contribution in [0.3, 0.4) is 0 Å². The Hall–Kier alpha value is -4.29. The summed E-state index contributed by atoms with van der Waals surface area (Å²) in [7, 11) is 3.10. The van der Waals surface area contributed by atoms with Crippen molar-refractivity contribution in [2.75, 3.05) is 45.7 Å². The van der Waals surface area contributed by atoms with Gasteiger partial charge in [-0.05, 0) is 54.3 Å². The highest BCUT2D eigenvalue weighted by molar-refractivity contribution is 5.92. The van der Waals surface area contributed by atoms with Gasteiger partial charge in [-0.1, -0.05) is 12.5 Å². The number of ether oxygens (including phenoxy) is 2. The van der Waals surface area contributed by atoms with E-state index in [0.29, 0.717) is 53.5 Å². The number of fused-ring (bicyclic) bond motifs is 1. The van der Waals surface area contributed by atoms with E-state index in [-0.39, 0.29) is 18.5 Å². The van der Waals surface area contributed by atoms with Crippen molar-refractivity contribution in [3.8, 4) is 22.8 Å². The van der Waals surface area contributed by atoms with E-state index in [1.165, 1.54) is 25.5 Å². The normalized spacial score (nSPS) is 16.3. The maximum atomic E-state index is 15.1. The average molecular weight is 638 g/mol. The molecule has 0 atom stereocenters. The molecule has 2 aliphatic rings. The second kappa shape index (κ2) is 13.2. The number of anilines is 1. The molecule has 0 bridgehead atoms. The Morgan fingerprint density at radius 2 is 1.70 bits per heavy atom. The molecule has 8 nitrogen and oxygen atoms in total. The quantitative estimate of drug-likeness (QED) is 0.215. The van der Waals surface area contributed by atoms with E-state index in [9.17, 15) is 18.0 Å². The number of halogens is 4. The fourth-order valence-electron chi connectivity index (χ4n) is 6.06. The highest BCUT2D eigenvalue weighted by Crippen LogP contribution is 2.36. The maximum absolute atomic E-state index is 15.1. The van der Waals surface area contributed by atoms with Crippen molar-refractivity contribution >= 4 is 22.5 Å². The number of rotatable bonds is 9. The summed E-state index contributed by atoms with van der Waals surface area (Å²) >= 11 is 0. The molecule has 6 rings (SSSR count). The fraction of sp³-hybridized carbons (Fsp3) is 0.382. The van der Waals surface area contributed by atoms with Crippen LogP contribution >= 0.6 is 0 Å². The lowest BCUT2D eigenvalue weighted by atomic mass is 9.91. The minimum atomic E-state index is -4.70. The van der Waals surface area contributed by atoms with Gasteiger partial charge in [0.05, 0.1) is 43.1 Å². The predicted molar refractivity (Wildman–Crippen MR) is 166 cm³/mol. The minimum Gasteiger partial charge on any atom is -0.493 e. The summed E-state index contributed by atoms with van der Waals surface area (Å²) in [5.74, 6) is -0.436. The van der Waals surface area contributed by atoms with Gasteiger partial charge in [0.25, 0.3) is 0 Å². The highest BCUT2D eigenvalue weighted by atomic mass is 19.4. The Kier molecular flexibility index (Phi) is 9.10. The number of nitrogens with zero attached hydrogens (tertiary/aromatic N) is 4. The molecule has 4 aromatic rings. The summed E-state index contributed by atoms with van der Waals surface area (Å²) in [6, 6.07) is 11.1. The summed E-state index contributed by atoms with van der Waals surface area (Å²) in [5.41, 5.74) is 0.973. The standard InChI is InChI=1S/C34H35F4N5O3/c1-45-31-15-22-13-23(19-40-29(22)17-32(31)46-2)28-7-6-21(18-39-28)12-33(44)41-30-16-26(34(36,37)38)24(14-27(30)35)20-42-8-10-43(11-9-42)25-4-3-5-25/h6-7,13-19,25H,3-5,8-12,20H2,1-2H3,(H,41,44). The number of amides is 1. The lowest BCUT2D eigenvalue weighted by Gasteiger charge is -2.43. The zero-order valence-electron chi connectivity index (χ0n) is 25.7. The molecule has 1 amide bonds. The van der Waals surface area contributed by atoms with Crippen LogP contribution in [0.1, 0.15) is 36.0 Å². The molecule has 3 heterocycles. The van der Waals surface area contributed by atoms with Gasteiger partial charge in [0.1, 0.15) is 5.82 Å². The smallest absolute Gasteiger partial charge is 0.416 e. The molecule has 0 unspecified atom stereocenters. The van der Waals surface area contributed by atoms with Crippen LogP contribution < -0.4 is 14.8 Å². The molecule has 2 aromatic heterocycles. The summed E-state index contributed by atoms with van der Waals surface area (Å²) in [6.07, 6.45) is 1.84. The second-order valence-electron chi connectivity index (χ2n) is 11.8. The summed E-state index contributed by atoms with van der Waals surface area (Å²) in [4.78, 5) is 26.0. The molecule has 1 aliphatic heterocycles. The molecule has 1 saturated carbocycles. The molecule has 1 N–H and O–H groups in total. The van der Waals surface area contributed by atoms with Crippen LogP contribution in [0.4, 0.5) is 23.2 Å². The summed E-state index contributed by atoms with van der Waals surface area (Å²) < 4.78 is 68.0. The Labute approximate surface area is 264 Å². The second-order valence-corrected chi connectivity index (χ2v) is 11.8. The molecular formula is C34H35F4N5O3. The predicted octanol–water partition coefficient (Wildman–Crippen LogP) is 6.32. The van der Waals surface area contributed by atoms with Crippen molar-refractivity contribution in [1.82, 2.24) is 19.8 Å². The zero-order chi connectivity index (χ0) is 32.4. The van der Waals surface area contributed by atoms with E-state index >= 15 is 4.39 Å². The van der Waals surface area contributed by atoms with Crippen LogP contribution in [0.15, 0.2) is 54.9 Å². The van der Waals surface area contributed by atoms with Crippen LogP contribution in [-0.4, -0.2) is 72.1 Å². The van der Waals surface area contributed by atoms with Crippen molar-refractivity contribution in [3.05, 3.63) is 77.4 Å². The maximum Gasteiger partial charge on any atom is 0.416 e. The molecule has 1 aliphatic carbocycles. The van der Waals surface area contributed by atoms with Gasteiger partial charge in [0, 0.05) is 68.2 Å². The first-order valence-electron chi connectivity index (χ1n) is 15.2. The molecule has 2 aromatic carbocycles. The molecule has 0 spiro atoms. The van der Waals surface area contributed by atoms with Gasteiger partial charge < -0.3 is 14.8 Å². The number of carbonyl (C=O) groups is 1. The summed E-state index contributed by atoms with van der Waals surface area (Å²) in [6.45, 7) is 2.83. The van der Waals surface area contributed by atoms with Crippen molar-refractivity contribution in [1.29, 1.82) is 0 Å².